The van der Waals surface area contributed by atoms with Gasteiger partial charge in [-0.05, 0) is 58.0 Å². The van der Waals surface area contributed by atoms with Crippen molar-refractivity contribution in [1.82, 2.24) is 25.2 Å². The number of hydrogen-bond acceptors (Lipinski definition) is 9. The lowest BCUT2D eigenvalue weighted by atomic mass is 10.0. The Balaban J connectivity index is 1.29. The number of fused-ring (bicyclic) bond motifs is 2. The maximum absolute atomic E-state index is 13.2. The predicted molar refractivity (Wildman–Crippen MR) is 143 cm³/mol. The maximum Gasteiger partial charge on any atom is 0.255 e. The van der Waals surface area contributed by atoms with E-state index in [1.54, 1.807) is 18.3 Å². The normalized spacial score (nSPS) is 18.3. The van der Waals surface area contributed by atoms with E-state index in [2.05, 4.69) is 43.9 Å². The smallest absolute Gasteiger partial charge is 0.255 e. The molecule has 198 valence electrons. The second-order valence-electron chi connectivity index (χ2n) is 10.3. The maximum atomic E-state index is 13.2. The lowest BCUT2D eigenvalue weighted by Crippen LogP contribution is -2.43. The number of anilines is 3. The molecule has 2 fully saturated rings. The quantitative estimate of drug-likeness (QED) is 0.387. The van der Waals surface area contributed by atoms with Gasteiger partial charge < -0.3 is 35.3 Å². The van der Waals surface area contributed by atoms with Crippen molar-refractivity contribution in [3.05, 3.63) is 29.5 Å². The summed E-state index contributed by atoms with van der Waals surface area (Å²) in [7, 11) is 2.10. The molecule has 0 atom stereocenters. The highest BCUT2D eigenvalue weighted by Crippen LogP contribution is 2.42. The Kier molecular flexibility index (Phi) is 6.64. The first-order valence-corrected chi connectivity index (χ1v) is 13.3. The van der Waals surface area contributed by atoms with Crippen LogP contribution in [0.1, 0.15) is 54.4 Å². The Morgan fingerprint density at radius 1 is 1.08 bits per heavy atom. The molecular formula is C27H32N8O3. The first-order valence-electron chi connectivity index (χ1n) is 13.3. The largest absolute Gasteiger partial charge is 0.485 e. The second-order valence-corrected chi connectivity index (χ2v) is 10.3. The molecule has 0 unspecified atom stereocenters. The Labute approximate surface area is 220 Å². The number of ether oxygens (including phenoxy) is 2. The van der Waals surface area contributed by atoms with Crippen molar-refractivity contribution in [2.24, 2.45) is 0 Å². The summed E-state index contributed by atoms with van der Waals surface area (Å²) >= 11 is 0. The Morgan fingerprint density at radius 2 is 1.84 bits per heavy atom. The summed E-state index contributed by atoms with van der Waals surface area (Å²) in [5.74, 6) is 1.70. The fraction of sp³-hybridized carbons (Fsp3) is 0.481. The van der Waals surface area contributed by atoms with Crippen molar-refractivity contribution in [2.45, 2.75) is 50.6 Å². The zero-order valence-electron chi connectivity index (χ0n) is 21.5. The number of aromatic nitrogens is 3. The topological polar surface area (TPSA) is 140 Å². The van der Waals surface area contributed by atoms with Crippen molar-refractivity contribution in [3.8, 4) is 17.6 Å². The minimum Gasteiger partial charge on any atom is -0.485 e. The highest BCUT2D eigenvalue weighted by molar-refractivity contribution is 5.99. The van der Waals surface area contributed by atoms with Gasteiger partial charge in [0.25, 0.3) is 5.91 Å². The molecule has 2 aliphatic heterocycles. The van der Waals surface area contributed by atoms with Crippen molar-refractivity contribution in [3.63, 3.8) is 0 Å². The number of likely N-dealkylation sites (tertiary alicyclic amines) is 1. The second kappa shape index (κ2) is 10.4. The molecule has 3 aliphatic rings. The van der Waals surface area contributed by atoms with Gasteiger partial charge in [-0.2, -0.15) is 15.2 Å². The zero-order chi connectivity index (χ0) is 26.1. The van der Waals surface area contributed by atoms with Crippen LogP contribution in [0.25, 0.3) is 11.0 Å². The lowest BCUT2D eigenvalue weighted by Gasteiger charge is -2.30. The number of nitrogens with one attached hydrogen (secondary N) is 4. The van der Waals surface area contributed by atoms with Crippen molar-refractivity contribution in [2.75, 3.05) is 44.0 Å². The molecule has 3 aromatic rings. The highest BCUT2D eigenvalue weighted by Gasteiger charge is 2.27. The van der Waals surface area contributed by atoms with Crippen LogP contribution in [0.15, 0.2) is 18.3 Å². The minimum atomic E-state index is -0.163. The molecule has 1 saturated heterocycles. The van der Waals surface area contributed by atoms with Crippen molar-refractivity contribution >= 4 is 34.4 Å². The summed E-state index contributed by atoms with van der Waals surface area (Å²) < 4.78 is 11.9. The number of nitriles is 1. The fourth-order valence-corrected chi connectivity index (χ4v) is 5.50. The van der Waals surface area contributed by atoms with Crippen LogP contribution >= 0.6 is 0 Å². The summed E-state index contributed by atoms with van der Waals surface area (Å²) in [6.07, 6.45) is 7.99. The fourth-order valence-electron chi connectivity index (χ4n) is 5.50. The molecule has 0 spiro atoms. The van der Waals surface area contributed by atoms with Crippen LogP contribution in [0.3, 0.4) is 0 Å². The van der Waals surface area contributed by atoms with Gasteiger partial charge in [-0.1, -0.05) is 12.8 Å². The average Bonchev–Trinajstić information content (AvgIpc) is 3.60. The molecule has 1 amide bonds. The third kappa shape index (κ3) is 4.79. The van der Waals surface area contributed by atoms with Gasteiger partial charge in [0.2, 0.25) is 5.95 Å². The first kappa shape index (κ1) is 24.3. The van der Waals surface area contributed by atoms with Crippen LogP contribution in [0.4, 0.5) is 17.5 Å². The molecular weight excluding hydrogens is 484 g/mol. The summed E-state index contributed by atoms with van der Waals surface area (Å²) in [6.45, 7) is 2.66. The number of benzene rings is 1. The molecule has 4 N–H and O–H groups in total. The van der Waals surface area contributed by atoms with Crippen molar-refractivity contribution in [1.29, 1.82) is 5.26 Å². The van der Waals surface area contributed by atoms with Gasteiger partial charge in [0, 0.05) is 18.3 Å². The molecule has 11 heteroatoms. The van der Waals surface area contributed by atoms with Crippen LogP contribution in [-0.2, 0) is 0 Å². The van der Waals surface area contributed by atoms with Gasteiger partial charge in [-0.25, -0.2) is 0 Å². The van der Waals surface area contributed by atoms with Gasteiger partial charge in [0.05, 0.1) is 22.2 Å². The summed E-state index contributed by atoms with van der Waals surface area (Å²) in [4.78, 5) is 27.9. The van der Waals surface area contributed by atoms with E-state index >= 15 is 0 Å². The van der Waals surface area contributed by atoms with E-state index in [-0.39, 0.29) is 11.9 Å². The molecule has 0 bridgehead atoms. The monoisotopic (exact) mass is 516 g/mol. The molecule has 2 aromatic heterocycles. The van der Waals surface area contributed by atoms with Crippen LogP contribution < -0.4 is 25.4 Å². The highest BCUT2D eigenvalue weighted by atomic mass is 16.6. The Bertz CT molecular complexity index is 1380. The number of hydrogen-bond donors (Lipinski definition) is 4. The van der Waals surface area contributed by atoms with E-state index < -0.39 is 0 Å². The van der Waals surface area contributed by atoms with E-state index in [1.165, 1.54) is 12.8 Å². The molecule has 1 aromatic carbocycles. The number of rotatable bonds is 6. The van der Waals surface area contributed by atoms with Crippen LogP contribution in [0.5, 0.6) is 11.5 Å². The number of carbonyl (C=O) groups is 1. The number of H-pyrrole nitrogens is 1. The number of amides is 1. The van der Waals surface area contributed by atoms with Gasteiger partial charge in [-0.15, -0.1) is 0 Å². The molecule has 0 radical (unpaired) electrons. The molecule has 38 heavy (non-hydrogen) atoms. The molecule has 1 saturated carbocycles. The standard InChI is InChI=1S/C27H32N8O3/c1-35-10-8-18(9-11-35)31-26(36)19-6-7-20(23-22(19)37-12-13-38-23)32-27-33-24-21(16(14-28)15-29-24)25(34-27)30-17-4-2-3-5-17/h6-7,15,17-18H,2-5,8-13H2,1H3,(H,31,36)(H3,29,30,32,33,34). The summed E-state index contributed by atoms with van der Waals surface area (Å²) in [5, 5.41) is 20.2. The summed E-state index contributed by atoms with van der Waals surface area (Å²) in [5.41, 5.74) is 2.13. The molecule has 6 rings (SSSR count). The Morgan fingerprint density at radius 3 is 2.61 bits per heavy atom. The number of nitrogens with zero attached hydrogens (tertiary/aromatic N) is 4. The third-order valence-corrected chi connectivity index (χ3v) is 7.58. The van der Waals surface area contributed by atoms with E-state index in [4.69, 9.17) is 14.5 Å². The number of carbonyl (C=O) groups excluding carboxylic acids is 1. The van der Waals surface area contributed by atoms with Crippen LogP contribution in [-0.4, -0.2) is 71.2 Å². The van der Waals surface area contributed by atoms with Gasteiger partial charge in [-0.3, -0.25) is 4.79 Å². The van der Waals surface area contributed by atoms with Crippen LogP contribution in [0, 0.1) is 11.3 Å². The van der Waals surface area contributed by atoms with Gasteiger partial charge in [0.15, 0.2) is 11.5 Å². The number of piperidine rings is 1. The first-order chi connectivity index (χ1) is 18.6. The minimum absolute atomic E-state index is 0.140. The van der Waals surface area contributed by atoms with E-state index in [0.29, 0.717) is 70.4 Å². The zero-order valence-corrected chi connectivity index (χ0v) is 21.5. The van der Waals surface area contributed by atoms with Crippen molar-refractivity contribution < 1.29 is 14.3 Å². The van der Waals surface area contributed by atoms with E-state index in [9.17, 15) is 10.1 Å². The van der Waals surface area contributed by atoms with Crippen LogP contribution in [0.2, 0.25) is 0 Å². The Hall–Kier alpha value is -4.04. The summed E-state index contributed by atoms with van der Waals surface area (Å²) in [6, 6.07) is 6.22. The molecule has 1 aliphatic carbocycles. The van der Waals surface area contributed by atoms with E-state index in [0.717, 1.165) is 38.8 Å². The number of aromatic amines is 1. The molecule has 11 nitrogen and oxygen atoms in total. The van der Waals surface area contributed by atoms with Gasteiger partial charge in [0.1, 0.15) is 30.7 Å². The third-order valence-electron chi connectivity index (χ3n) is 7.58. The lowest BCUT2D eigenvalue weighted by molar-refractivity contribution is 0.0906. The van der Waals surface area contributed by atoms with E-state index in [1.807, 2.05) is 0 Å². The predicted octanol–water partition coefficient (Wildman–Crippen LogP) is 3.52. The SMILES string of the molecule is CN1CCC(NC(=O)c2ccc(Nc3nc(NC4CCCC4)c4c(C#N)c[nH]c4n3)c3c2OCCO3)CC1. The average molecular weight is 517 g/mol. The van der Waals surface area contributed by atoms with Gasteiger partial charge >= 0.3 is 0 Å². The molecule has 4 heterocycles.